The normalized spacial score (nSPS) is 11.4. The third-order valence-electron chi connectivity index (χ3n) is 13.1. The van der Waals surface area contributed by atoms with E-state index in [2.05, 4.69) is 266 Å². The van der Waals surface area contributed by atoms with Crippen LogP contribution in [-0.2, 0) is 0 Å². The van der Waals surface area contributed by atoms with E-state index in [0.29, 0.717) is 0 Å². The summed E-state index contributed by atoms with van der Waals surface area (Å²) in [5.41, 5.74) is 15.3. The Bertz CT molecular complexity index is 3670. The molecule has 0 aromatic heterocycles. The van der Waals surface area contributed by atoms with Crippen molar-refractivity contribution in [2.45, 2.75) is 0 Å². The highest BCUT2D eigenvalue weighted by Gasteiger charge is 2.18. The van der Waals surface area contributed by atoms with Crippen molar-refractivity contribution >= 4 is 60.2 Å². The second-order valence-corrected chi connectivity index (χ2v) is 16.9. The molecule has 1 nitrogen and oxygen atoms in total. The van der Waals surface area contributed by atoms with Crippen LogP contribution in [0, 0.1) is 0 Å². The minimum atomic E-state index is 1.09. The number of nitrogens with zero attached hydrogens (tertiary/aromatic N) is 1. The summed E-state index contributed by atoms with van der Waals surface area (Å²) in [6.07, 6.45) is 0. The SMILES string of the molecule is c1ccc(-c2cc(N(c3ccc(-c4cccc5ccccc45)cc3)c3ccc(-c4cc5ccccc5c5ccccc45)cc3)ccc2-c2ccc(-c3ccc4ccccc4c3)cc2)cc1. The molecule has 0 amide bonds. The maximum Gasteiger partial charge on any atom is 0.0468 e. The highest BCUT2D eigenvalue weighted by atomic mass is 15.1. The fourth-order valence-corrected chi connectivity index (χ4v) is 9.79. The van der Waals surface area contributed by atoms with Gasteiger partial charge >= 0.3 is 0 Å². The smallest absolute Gasteiger partial charge is 0.0468 e. The van der Waals surface area contributed by atoms with Gasteiger partial charge in [-0.3, -0.25) is 0 Å². The molecule has 0 spiro atoms. The Balaban J connectivity index is 0.978. The minimum Gasteiger partial charge on any atom is -0.310 e. The minimum absolute atomic E-state index is 1.09. The summed E-state index contributed by atoms with van der Waals surface area (Å²) in [5, 5.41) is 10.1. The van der Waals surface area contributed by atoms with Gasteiger partial charge in [0, 0.05) is 17.1 Å². The van der Waals surface area contributed by atoms with Gasteiger partial charge < -0.3 is 4.90 Å². The molecular formula is C64H43N. The van der Waals surface area contributed by atoms with Gasteiger partial charge in [-0.1, -0.05) is 212 Å². The number of rotatable bonds is 8. The first kappa shape index (κ1) is 38.2. The molecule has 0 saturated carbocycles. The lowest BCUT2D eigenvalue weighted by Gasteiger charge is -2.27. The van der Waals surface area contributed by atoms with Crippen molar-refractivity contribution in [1.82, 2.24) is 0 Å². The van der Waals surface area contributed by atoms with Crippen LogP contribution in [0.25, 0.3) is 98.7 Å². The highest BCUT2D eigenvalue weighted by Crippen LogP contribution is 2.43. The number of benzene rings is 12. The monoisotopic (exact) mass is 825 g/mol. The van der Waals surface area contributed by atoms with Gasteiger partial charge in [0.15, 0.2) is 0 Å². The molecule has 12 rings (SSSR count). The Morgan fingerprint density at radius 2 is 0.677 bits per heavy atom. The van der Waals surface area contributed by atoms with E-state index < -0.39 is 0 Å². The lowest BCUT2D eigenvalue weighted by molar-refractivity contribution is 1.28. The Kier molecular flexibility index (Phi) is 9.58. The molecule has 0 unspecified atom stereocenters. The van der Waals surface area contributed by atoms with Crippen LogP contribution >= 0.6 is 0 Å². The Morgan fingerprint density at radius 3 is 1.42 bits per heavy atom. The molecule has 12 aromatic carbocycles. The lowest BCUT2D eigenvalue weighted by atomic mass is 9.92. The molecule has 0 saturated heterocycles. The van der Waals surface area contributed by atoms with Crippen LogP contribution in [0.4, 0.5) is 17.1 Å². The maximum absolute atomic E-state index is 2.40. The Morgan fingerprint density at radius 1 is 0.185 bits per heavy atom. The van der Waals surface area contributed by atoms with Crippen LogP contribution in [0.1, 0.15) is 0 Å². The molecule has 304 valence electrons. The summed E-state index contributed by atoms with van der Waals surface area (Å²) in [4.78, 5) is 2.40. The molecule has 0 N–H and O–H groups in total. The van der Waals surface area contributed by atoms with E-state index in [1.165, 1.54) is 98.7 Å². The zero-order valence-electron chi connectivity index (χ0n) is 35.8. The first-order chi connectivity index (χ1) is 32.2. The van der Waals surface area contributed by atoms with E-state index in [0.717, 1.165) is 17.1 Å². The first-order valence-corrected chi connectivity index (χ1v) is 22.4. The number of anilines is 3. The van der Waals surface area contributed by atoms with Crippen LogP contribution in [0.15, 0.2) is 261 Å². The fourth-order valence-electron chi connectivity index (χ4n) is 9.79. The van der Waals surface area contributed by atoms with Gasteiger partial charge in [0.1, 0.15) is 0 Å². The van der Waals surface area contributed by atoms with E-state index in [4.69, 9.17) is 0 Å². The standard InChI is InChI=1S/C64H43N/c1-2-14-47(15-3-1)64-43-56(39-40-60(64)48-28-25-45(26-29-48)52-30-27-44-13-4-5-17-51(44)41-52)65(54-35-31-49(32-36-54)58-24-12-19-46-16-6-8-20-57(46)58)55-37-33-50(34-38-55)63-42-53-18-7-9-21-59(53)61-22-10-11-23-62(61)63/h1-43H. The molecule has 1 heteroatoms. The predicted molar refractivity (Wildman–Crippen MR) is 278 cm³/mol. The zero-order valence-corrected chi connectivity index (χ0v) is 35.8. The van der Waals surface area contributed by atoms with Crippen molar-refractivity contribution in [2.75, 3.05) is 4.90 Å². The third kappa shape index (κ3) is 7.10. The molecule has 0 aliphatic heterocycles. The average Bonchev–Trinajstić information content (AvgIpc) is 3.39. The first-order valence-electron chi connectivity index (χ1n) is 22.4. The van der Waals surface area contributed by atoms with Gasteiger partial charge in [0.25, 0.3) is 0 Å². The molecule has 65 heavy (non-hydrogen) atoms. The summed E-state index contributed by atoms with van der Waals surface area (Å²) in [7, 11) is 0. The second-order valence-electron chi connectivity index (χ2n) is 16.9. The van der Waals surface area contributed by atoms with Crippen molar-refractivity contribution in [3.63, 3.8) is 0 Å². The van der Waals surface area contributed by atoms with E-state index in [9.17, 15) is 0 Å². The van der Waals surface area contributed by atoms with Crippen molar-refractivity contribution in [3.8, 4) is 55.6 Å². The molecule has 0 aliphatic rings. The van der Waals surface area contributed by atoms with Gasteiger partial charge in [-0.2, -0.15) is 0 Å². The van der Waals surface area contributed by atoms with Crippen molar-refractivity contribution < 1.29 is 0 Å². The van der Waals surface area contributed by atoms with Gasteiger partial charge in [-0.25, -0.2) is 0 Å². The lowest BCUT2D eigenvalue weighted by Crippen LogP contribution is -2.10. The van der Waals surface area contributed by atoms with Crippen LogP contribution in [-0.4, -0.2) is 0 Å². The summed E-state index contributed by atoms with van der Waals surface area (Å²) in [6.45, 7) is 0. The number of hydrogen-bond acceptors (Lipinski definition) is 1. The van der Waals surface area contributed by atoms with E-state index in [1.54, 1.807) is 0 Å². The average molecular weight is 826 g/mol. The van der Waals surface area contributed by atoms with Crippen molar-refractivity contribution in [1.29, 1.82) is 0 Å². The van der Waals surface area contributed by atoms with Gasteiger partial charge in [0.05, 0.1) is 0 Å². The van der Waals surface area contributed by atoms with Gasteiger partial charge in [0.2, 0.25) is 0 Å². The van der Waals surface area contributed by atoms with Gasteiger partial charge in [-0.15, -0.1) is 0 Å². The quantitative estimate of drug-likeness (QED) is 0.138. The molecule has 0 radical (unpaired) electrons. The second kappa shape index (κ2) is 16.3. The molecule has 12 aromatic rings. The summed E-state index contributed by atoms with van der Waals surface area (Å²) in [6, 6.07) is 95.3. The number of hydrogen-bond donors (Lipinski definition) is 0. The Hall–Kier alpha value is -8.52. The number of fused-ring (bicyclic) bond motifs is 5. The molecular weight excluding hydrogens is 783 g/mol. The van der Waals surface area contributed by atoms with Crippen LogP contribution in [0.2, 0.25) is 0 Å². The van der Waals surface area contributed by atoms with E-state index in [1.807, 2.05) is 0 Å². The van der Waals surface area contributed by atoms with Crippen molar-refractivity contribution in [2.24, 2.45) is 0 Å². The van der Waals surface area contributed by atoms with Crippen molar-refractivity contribution in [3.05, 3.63) is 261 Å². The maximum atomic E-state index is 2.40. The molecule has 0 bridgehead atoms. The predicted octanol–water partition coefficient (Wildman–Crippen LogP) is 18.1. The molecule has 0 fully saturated rings. The summed E-state index contributed by atoms with van der Waals surface area (Å²) in [5.74, 6) is 0. The molecule has 0 heterocycles. The van der Waals surface area contributed by atoms with E-state index in [-0.39, 0.29) is 0 Å². The largest absolute Gasteiger partial charge is 0.310 e. The third-order valence-corrected chi connectivity index (χ3v) is 13.1. The zero-order chi connectivity index (χ0) is 43.1. The molecule has 0 atom stereocenters. The summed E-state index contributed by atoms with van der Waals surface area (Å²) < 4.78 is 0. The van der Waals surface area contributed by atoms with Crippen LogP contribution < -0.4 is 4.90 Å². The highest BCUT2D eigenvalue weighted by molar-refractivity contribution is 6.14. The van der Waals surface area contributed by atoms with E-state index >= 15 is 0 Å². The van der Waals surface area contributed by atoms with Crippen LogP contribution in [0.3, 0.4) is 0 Å². The fraction of sp³-hybridized carbons (Fsp3) is 0. The van der Waals surface area contributed by atoms with Gasteiger partial charge in [-0.05, 0) is 147 Å². The topological polar surface area (TPSA) is 3.24 Å². The summed E-state index contributed by atoms with van der Waals surface area (Å²) >= 11 is 0. The van der Waals surface area contributed by atoms with Crippen LogP contribution in [0.5, 0.6) is 0 Å². The molecule has 0 aliphatic carbocycles. The Labute approximate surface area is 379 Å².